The third kappa shape index (κ3) is 10.4. The van der Waals surface area contributed by atoms with Crippen molar-refractivity contribution < 1.29 is 42.6 Å². The van der Waals surface area contributed by atoms with E-state index in [1.54, 1.807) is 61.4 Å². The number of sulfonamides is 1. The van der Waals surface area contributed by atoms with E-state index in [2.05, 4.69) is 29.8 Å². The fourth-order valence-electron chi connectivity index (χ4n) is 10.1. The Morgan fingerprint density at radius 2 is 1.75 bits per heavy atom. The van der Waals surface area contributed by atoms with E-state index in [0.29, 0.717) is 53.1 Å². The predicted octanol–water partition coefficient (Wildman–Crippen LogP) is 9.47. The lowest BCUT2D eigenvalue weighted by Gasteiger charge is -2.59. The number of hydrogen-bond acceptors (Lipinski definition) is 13. The second kappa shape index (κ2) is 22.2. The number of nitro groups is 1. The molecular weight excluding hydrogens is 905 g/mol. The number of pyridine rings is 1. The molecule has 0 saturated heterocycles. The minimum atomic E-state index is -4.33. The maximum atomic E-state index is 15.3. The van der Waals surface area contributed by atoms with Gasteiger partial charge in [0.05, 0.1) is 41.3 Å². The highest BCUT2D eigenvalue weighted by molar-refractivity contribution is 7.99. The fraction of sp³-hybridized carbons (Fsp3) is 0.385. The van der Waals surface area contributed by atoms with Gasteiger partial charge in [-0.25, -0.2) is 8.42 Å². The number of non-ortho nitro benzene ring substituents is 1. The van der Waals surface area contributed by atoms with E-state index >= 15 is 8.42 Å². The number of oxime groups is 1. The van der Waals surface area contributed by atoms with Crippen LogP contribution in [0.5, 0.6) is 11.5 Å². The van der Waals surface area contributed by atoms with Crippen LogP contribution >= 0.6 is 11.8 Å². The van der Waals surface area contributed by atoms with E-state index in [1.807, 2.05) is 48.5 Å². The molecule has 4 aromatic carbocycles. The number of ether oxygens (including phenoxy) is 3. The van der Waals surface area contributed by atoms with Crippen molar-refractivity contribution in [2.24, 2.45) is 22.9 Å². The molecule has 68 heavy (non-hydrogen) atoms. The molecule has 1 saturated carbocycles. The Labute approximate surface area is 401 Å². The molecule has 3 aliphatic rings. The number of para-hydroxylation sites is 1. The molecule has 2 aliphatic carbocycles. The molecule has 0 amide bonds. The van der Waals surface area contributed by atoms with Crippen molar-refractivity contribution in [3.8, 4) is 11.5 Å². The van der Waals surface area contributed by atoms with Crippen molar-refractivity contribution in [1.29, 1.82) is 0 Å². The topological polar surface area (TPSA) is 183 Å². The van der Waals surface area contributed by atoms with Gasteiger partial charge >= 0.3 is 0 Å². The monoisotopic (exact) mass is 962 g/mol. The molecule has 1 aromatic heterocycles. The number of fused-ring (bicyclic) bond motifs is 3. The quantitative estimate of drug-likeness (QED) is 0.0208. The molecule has 5 aromatic rings. The number of nitrogens with zero attached hydrogens (tertiary/aromatic N) is 4. The van der Waals surface area contributed by atoms with Gasteiger partial charge in [-0.3, -0.25) is 15.1 Å². The van der Waals surface area contributed by atoms with Crippen molar-refractivity contribution in [2.75, 3.05) is 39.2 Å². The Bertz CT molecular complexity index is 2710. The van der Waals surface area contributed by atoms with Crippen molar-refractivity contribution in [2.45, 2.75) is 79.1 Å². The summed E-state index contributed by atoms with van der Waals surface area (Å²) in [6.07, 6.45) is 9.66. The fourth-order valence-corrected chi connectivity index (χ4v) is 12.4. The van der Waals surface area contributed by atoms with Crippen LogP contribution in [0.4, 0.5) is 5.69 Å². The number of unbranched alkanes of at least 4 members (excludes halogenated alkanes) is 2. The first-order valence-corrected chi connectivity index (χ1v) is 25.6. The number of allylic oxidation sites excluding steroid dienone is 1. The first kappa shape index (κ1) is 48.8. The van der Waals surface area contributed by atoms with Crippen LogP contribution in [0.3, 0.4) is 0 Å². The van der Waals surface area contributed by atoms with Crippen LogP contribution in [0.25, 0.3) is 10.9 Å². The third-order valence-electron chi connectivity index (χ3n) is 13.3. The average Bonchev–Trinajstić information content (AvgIpc) is 3.36. The Morgan fingerprint density at radius 1 is 0.985 bits per heavy atom. The number of hydrogen-bond donors (Lipinski definition) is 2. The van der Waals surface area contributed by atoms with Gasteiger partial charge in [0.1, 0.15) is 23.0 Å². The van der Waals surface area contributed by atoms with Gasteiger partial charge in [-0.15, -0.1) is 18.3 Å². The minimum Gasteiger partial charge on any atom is -0.493 e. The Morgan fingerprint density at radius 3 is 2.50 bits per heavy atom. The zero-order valence-corrected chi connectivity index (χ0v) is 39.7. The molecule has 8 rings (SSSR count). The number of likely N-dealkylation sites (N-methyl/N-ethyl adjacent to an activating group) is 1. The maximum absolute atomic E-state index is 15.3. The van der Waals surface area contributed by atoms with Gasteiger partial charge in [-0.05, 0) is 103 Å². The summed E-state index contributed by atoms with van der Waals surface area (Å²) in [5.41, 5.74) is 3.15. The number of aromatic nitrogens is 1. The number of aliphatic hydroxyl groups is 2. The molecule has 14 nitrogen and oxygen atoms in total. The van der Waals surface area contributed by atoms with E-state index in [-0.39, 0.29) is 61.2 Å². The zero-order chi connectivity index (χ0) is 47.7. The average molecular weight is 963 g/mol. The molecule has 2 N–H and O–H groups in total. The number of thioether (sulfide) groups is 1. The SMILES string of the molecule is C=CCOC12Oc3ccc(OCCSc4ccccc4)cc3C3C(CCCCO)C(CCCCO)C=C(C(=NOCc4ccc([N+](=O)[O-])cc4)CC1N(C)S(=O)(=O)c1cccc4cccnc14)C32. The highest BCUT2D eigenvalue weighted by atomic mass is 32.2. The van der Waals surface area contributed by atoms with E-state index < -0.39 is 32.7 Å². The van der Waals surface area contributed by atoms with Crippen LogP contribution in [0, 0.1) is 27.9 Å². The van der Waals surface area contributed by atoms with Crippen LogP contribution in [0.1, 0.15) is 62.0 Å². The molecular formula is C52H58N4O10S2. The first-order valence-electron chi connectivity index (χ1n) is 23.2. The van der Waals surface area contributed by atoms with Gasteiger partial charge in [0.25, 0.3) is 5.69 Å². The second-order valence-electron chi connectivity index (χ2n) is 17.3. The van der Waals surface area contributed by atoms with E-state index in [9.17, 15) is 20.3 Å². The number of aliphatic hydroxyl groups excluding tert-OH is 2. The molecule has 1 fully saturated rings. The van der Waals surface area contributed by atoms with Gasteiger partial charge in [-0.1, -0.05) is 66.5 Å². The largest absolute Gasteiger partial charge is 0.493 e. The lowest BCUT2D eigenvalue weighted by atomic mass is 9.55. The van der Waals surface area contributed by atoms with Crippen LogP contribution < -0.4 is 9.47 Å². The molecule has 0 radical (unpaired) electrons. The lowest BCUT2D eigenvalue weighted by Crippen LogP contribution is -2.69. The number of rotatable bonds is 23. The molecule has 6 unspecified atom stereocenters. The van der Waals surface area contributed by atoms with E-state index in [0.717, 1.165) is 47.5 Å². The number of nitro benzene ring substituents is 1. The van der Waals surface area contributed by atoms with Crippen molar-refractivity contribution in [3.63, 3.8) is 0 Å². The smallest absolute Gasteiger partial charge is 0.269 e. The van der Waals surface area contributed by atoms with E-state index in [4.69, 9.17) is 24.2 Å². The summed E-state index contributed by atoms with van der Waals surface area (Å²) in [5.74, 6) is -0.740. The van der Waals surface area contributed by atoms with Crippen LogP contribution in [-0.2, 0) is 26.2 Å². The zero-order valence-electron chi connectivity index (χ0n) is 38.1. The summed E-state index contributed by atoms with van der Waals surface area (Å²) in [4.78, 5) is 22.8. The summed E-state index contributed by atoms with van der Waals surface area (Å²) in [6.45, 7) is 4.57. The van der Waals surface area contributed by atoms with E-state index in [1.165, 1.54) is 16.4 Å². The second-order valence-corrected chi connectivity index (χ2v) is 20.5. The van der Waals surface area contributed by atoms with Gasteiger partial charge in [0.15, 0.2) is 0 Å². The molecule has 0 spiro atoms. The third-order valence-corrected chi connectivity index (χ3v) is 16.1. The Balaban J connectivity index is 1.28. The molecule has 16 heteroatoms. The van der Waals surface area contributed by atoms with Gasteiger partial charge in [-0.2, -0.15) is 4.31 Å². The Kier molecular flexibility index (Phi) is 15.9. The molecule has 358 valence electrons. The highest BCUT2D eigenvalue weighted by Gasteiger charge is 2.65. The normalized spacial score (nSPS) is 22.5. The summed E-state index contributed by atoms with van der Waals surface area (Å²) in [7, 11) is -2.79. The summed E-state index contributed by atoms with van der Waals surface area (Å²) < 4.78 is 52.6. The molecule has 0 bridgehead atoms. The van der Waals surface area contributed by atoms with Crippen LogP contribution in [0.2, 0.25) is 0 Å². The van der Waals surface area contributed by atoms with Crippen LogP contribution in [0.15, 0.2) is 149 Å². The Hall–Kier alpha value is -5.62. The predicted molar refractivity (Wildman–Crippen MR) is 262 cm³/mol. The van der Waals surface area contributed by atoms with Gasteiger partial charge < -0.3 is 29.3 Å². The highest BCUT2D eigenvalue weighted by Crippen LogP contribution is 2.62. The van der Waals surface area contributed by atoms with Crippen molar-refractivity contribution >= 4 is 44.1 Å². The number of benzene rings is 4. The maximum Gasteiger partial charge on any atom is 0.269 e. The first-order chi connectivity index (χ1) is 33.1. The van der Waals surface area contributed by atoms with Crippen molar-refractivity contribution in [1.82, 2.24) is 9.29 Å². The molecule has 1 aliphatic heterocycles. The summed E-state index contributed by atoms with van der Waals surface area (Å²) >= 11 is 1.71. The van der Waals surface area contributed by atoms with Crippen molar-refractivity contribution in [3.05, 3.63) is 155 Å². The summed E-state index contributed by atoms with van der Waals surface area (Å²) in [6, 6.07) is 29.7. The minimum absolute atomic E-state index is 0.00619. The van der Waals surface area contributed by atoms with Crippen LogP contribution in [-0.4, -0.2) is 89.6 Å². The van der Waals surface area contributed by atoms with Gasteiger partial charge in [0.2, 0.25) is 15.8 Å². The molecule has 2 heterocycles. The van der Waals surface area contributed by atoms with Gasteiger partial charge in [0, 0.05) is 72.5 Å². The lowest BCUT2D eigenvalue weighted by molar-refractivity contribution is -0.384. The molecule has 6 atom stereocenters. The standard InChI is InChI=1S/C52H58N4O10S2/c1-3-29-64-52-48(55(2)68(61,62)47-19-11-14-37-15-12-26-53-51(37)47)34-45(54-65-35-36-20-22-39(23-21-36)56(59)60)43-32-38(13-7-9-27-57)42(18-8-10-28-58)49(50(43)52)44-33-40(24-25-46(44)66-52)63-30-31-67-41-16-5-4-6-17-41/h3-6,11-12,14-17,19-26,32-33,38,42,48-50,57-58H,1,7-10,13,18,27-31,34-35H2,2H3. The summed E-state index contributed by atoms with van der Waals surface area (Å²) in [5, 5.41) is 36.9.